The highest BCUT2D eigenvalue weighted by Gasteiger charge is 2.45. The molecule has 1 heterocycles. The fourth-order valence-corrected chi connectivity index (χ4v) is 4.37. The third kappa shape index (κ3) is 3.85. The molecule has 5 nitrogen and oxygen atoms in total. The van der Waals surface area contributed by atoms with Gasteiger partial charge >= 0.3 is 0 Å². The van der Waals surface area contributed by atoms with Crippen molar-refractivity contribution in [2.24, 2.45) is 0 Å². The number of fused-ring (bicyclic) bond motifs is 3. The summed E-state index contributed by atoms with van der Waals surface area (Å²) >= 11 is 0. The molecule has 0 radical (unpaired) electrons. The molecule has 154 valence electrons. The van der Waals surface area contributed by atoms with E-state index in [0.29, 0.717) is 24.5 Å². The second-order valence-corrected chi connectivity index (χ2v) is 7.66. The first-order chi connectivity index (χ1) is 14.2. The van der Waals surface area contributed by atoms with Gasteiger partial charge in [0, 0.05) is 18.8 Å². The molecule has 1 saturated heterocycles. The first-order valence-corrected chi connectivity index (χ1v) is 10.3. The molecule has 0 saturated carbocycles. The summed E-state index contributed by atoms with van der Waals surface area (Å²) in [7, 11) is 3.26. The van der Waals surface area contributed by atoms with E-state index >= 15 is 0 Å². The van der Waals surface area contributed by atoms with Gasteiger partial charge in [0.2, 0.25) is 0 Å². The minimum absolute atomic E-state index is 0.320. The van der Waals surface area contributed by atoms with Gasteiger partial charge in [-0.25, -0.2) is 0 Å². The van der Waals surface area contributed by atoms with Crippen LogP contribution in [0.2, 0.25) is 0 Å². The minimum Gasteiger partial charge on any atom is -0.493 e. The van der Waals surface area contributed by atoms with Crippen LogP contribution >= 0.6 is 0 Å². The van der Waals surface area contributed by atoms with E-state index in [1.807, 2.05) is 30.3 Å². The average Bonchev–Trinajstić information content (AvgIpc) is 2.76. The summed E-state index contributed by atoms with van der Waals surface area (Å²) in [6, 6.07) is 14.1. The third-order valence-electron chi connectivity index (χ3n) is 5.88. The van der Waals surface area contributed by atoms with Crippen LogP contribution in [0.1, 0.15) is 36.8 Å². The molecule has 5 heteroatoms. The Bertz CT molecular complexity index is 880. The maximum atomic E-state index is 11.5. The van der Waals surface area contributed by atoms with Gasteiger partial charge in [0.25, 0.3) is 0 Å². The maximum absolute atomic E-state index is 11.5. The lowest BCUT2D eigenvalue weighted by Crippen LogP contribution is -2.46. The second-order valence-electron chi connectivity index (χ2n) is 7.66. The molecular formula is C24H29NO4. The van der Waals surface area contributed by atoms with E-state index in [2.05, 4.69) is 23.5 Å². The summed E-state index contributed by atoms with van der Waals surface area (Å²) in [5.74, 6) is 1.31. The molecule has 0 aromatic heterocycles. The van der Waals surface area contributed by atoms with Gasteiger partial charge in [-0.15, -0.1) is 0 Å². The van der Waals surface area contributed by atoms with Crippen LogP contribution in [0.4, 0.5) is 5.69 Å². The molecule has 0 spiro atoms. The van der Waals surface area contributed by atoms with Crippen molar-refractivity contribution in [3.8, 4) is 11.5 Å². The predicted octanol–water partition coefficient (Wildman–Crippen LogP) is 4.36. The summed E-state index contributed by atoms with van der Waals surface area (Å²) in [5, 5.41) is 14.9. The second kappa shape index (κ2) is 8.47. The van der Waals surface area contributed by atoms with Gasteiger partial charge < -0.3 is 24.6 Å². The average molecular weight is 395 g/mol. The lowest BCUT2D eigenvalue weighted by atomic mass is 9.73. The Morgan fingerprint density at radius 1 is 1.14 bits per heavy atom. The van der Waals surface area contributed by atoms with Crippen molar-refractivity contribution in [1.82, 2.24) is 0 Å². The topological polar surface area (TPSA) is 60.0 Å². The van der Waals surface area contributed by atoms with Gasteiger partial charge in [-0.05, 0) is 72.7 Å². The van der Waals surface area contributed by atoms with E-state index in [-0.39, 0.29) is 6.10 Å². The molecule has 2 aliphatic rings. The molecule has 2 aromatic carbocycles. The Morgan fingerprint density at radius 3 is 2.66 bits per heavy atom. The van der Waals surface area contributed by atoms with Crippen LogP contribution in [0.25, 0.3) is 5.57 Å². The zero-order valence-corrected chi connectivity index (χ0v) is 17.1. The van der Waals surface area contributed by atoms with Crippen molar-refractivity contribution in [2.75, 3.05) is 32.7 Å². The Labute approximate surface area is 172 Å². The summed E-state index contributed by atoms with van der Waals surface area (Å²) in [4.78, 5) is 0. The Hall–Kier alpha value is -2.50. The molecule has 29 heavy (non-hydrogen) atoms. The standard InChI is InChI=1S/C24H29NO4/c1-27-21-15-19-17(8-6-12-25-18-9-4-3-5-10-18)14-23-24(26,11-7-13-29-23)20(19)16-22(21)28-2/h3-5,9-10,14-16,23,25-26H,6-8,11-13H2,1-2H3/t23-,24-/m0/s1. The van der Waals surface area contributed by atoms with Gasteiger partial charge in [0.05, 0.1) is 14.2 Å². The molecule has 1 fully saturated rings. The number of rotatable bonds is 7. The van der Waals surface area contributed by atoms with Crippen molar-refractivity contribution in [2.45, 2.75) is 37.4 Å². The predicted molar refractivity (Wildman–Crippen MR) is 115 cm³/mol. The van der Waals surface area contributed by atoms with Crippen molar-refractivity contribution < 1.29 is 19.3 Å². The van der Waals surface area contributed by atoms with Crippen LogP contribution in [0.15, 0.2) is 48.5 Å². The molecule has 0 unspecified atom stereocenters. The fraction of sp³-hybridized carbons (Fsp3) is 0.417. The highest BCUT2D eigenvalue weighted by atomic mass is 16.5. The Kier molecular flexibility index (Phi) is 5.79. The molecule has 2 atom stereocenters. The van der Waals surface area contributed by atoms with Crippen LogP contribution in [0, 0.1) is 0 Å². The molecule has 0 amide bonds. The lowest BCUT2D eigenvalue weighted by Gasteiger charge is -2.43. The summed E-state index contributed by atoms with van der Waals surface area (Å²) in [6.07, 6.45) is 5.16. The van der Waals surface area contributed by atoms with Crippen molar-refractivity contribution in [1.29, 1.82) is 0 Å². The van der Waals surface area contributed by atoms with Crippen molar-refractivity contribution in [3.63, 3.8) is 0 Å². The largest absolute Gasteiger partial charge is 0.493 e. The van der Waals surface area contributed by atoms with E-state index in [1.165, 1.54) is 5.57 Å². The zero-order chi connectivity index (χ0) is 20.3. The van der Waals surface area contributed by atoms with E-state index in [0.717, 1.165) is 42.6 Å². The molecule has 0 bridgehead atoms. The smallest absolute Gasteiger partial charge is 0.161 e. The monoisotopic (exact) mass is 395 g/mol. The lowest BCUT2D eigenvalue weighted by molar-refractivity contribution is -0.130. The third-order valence-corrected chi connectivity index (χ3v) is 5.88. The van der Waals surface area contributed by atoms with Gasteiger partial charge in [0.15, 0.2) is 11.5 Å². The van der Waals surface area contributed by atoms with Crippen molar-refractivity contribution >= 4 is 11.3 Å². The van der Waals surface area contributed by atoms with Crippen molar-refractivity contribution in [3.05, 3.63) is 59.7 Å². The number of anilines is 1. The number of nitrogens with one attached hydrogen (secondary N) is 1. The van der Waals surface area contributed by atoms with Crippen LogP contribution in [0.3, 0.4) is 0 Å². The molecule has 4 rings (SSSR count). The Balaban J connectivity index is 1.58. The van der Waals surface area contributed by atoms with Gasteiger partial charge in [0.1, 0.15) is 11.7 Å². The Morgan fingerprint density at radius 2 is 1.90 bits per heavy atom. The van der Waals surface area contributed by atoms with E-state index in [4.69, 9.17) is 14.2 Å². The highest BCUT2D eigenvalue weighted by Crippen LogP contribution is 2.48. The summed E-state index contributed by atoms with van der Waals surface area (Å²) < 4.78 is 17.0. The number of methoxy groups -OCH3 is 2. The fourth-order valence-electron chi connectivity index (χ4n) is 4.37. The van der Waals surface area contributed by atoms with Crippen LogP contribution in [0.5, 0.6) is 11.5 Å². The zero-order valence-electron chi connectivity index (χ0n) is 17.1. The number of para-hydroxylation sites is 1. The van der Waals surface area contributed by atoms with Gasteiger partial charge in [-0.3, -0.25) is 0 Å². The molecule has 1 aliphatic heterocycles. The number of aliphatic hydroxyl groups is 1. The van der Waals surface area contributed by atoms with Crippen LogP contribution in [-0.4, -0.2) is 38.6 Å². The van der Waals surface area contributed by atoms with Gasteiger partial charge in [-0.1, -0.05) is 18.2 Å². The summed E-state index contributed by atoms with van der Waals surface area (Å²) in [6.45, 7) is 1.55. The first kappa shape index (κ1) is 19.8. The number of allylic oxidation sites excluding steroid dienone is 1. The first-order valence-electron chi connectivity index (χ1n) is 10.3. The molecular weight excluding hydrogens is 366 g/mol. The number of hydrogen-bond donors (Lipinski definition) is 2. The normalized spacial score (nSPS) is 22.9. The van der Waals surface area contributed by atoms with Crippen LogP contribution < -0.4 is 14.8 Å². The van der Waals surface area contributed by atoms with E-state index in [9.17, 15) is 5.11 Å². The molecule has 2 aromatic rings. The maximum Gasteiger partial charge on any atom is 0.161 e. The van der Waals surface area contributed by atoms with Gasteiger partial charge in [-0.2, -0.15) is 0 Å². The summed E-state index contributed by atoms with van der Waals surface area (Å²) in [5.41, 5.74) is 3.22. The highest BCUT2D eigenvalue weighted by molar-refractivity contribution is 5.75. The number of hydrogen-bond acceptors (Lipinski definition) is 5. The van der Waals surface area contributed by atoms with Crippen LogP contribution in [-0.2, 0) is 10.3 Å². The van der Waals surface area contributed by atoms with E-state index < -0.39 is 5.60 Å². The van der Waals surface area contributed by atoms with E-state index in [1.54, 1.807) is 14.2 Å². The number of ether oxygens (including phenoxy) is 3. The minimum atomic E-state index is -1.01. The SMILES string of the molecule is COc1cc2c(cc1OC)[C@@]1(O)CCCO[C@H]1C=C2CCCNc1ccccc1. The number of benzene rings is 2. The quantitative estimate of drug-likeness (QED) is 0.682. The molecule has 2 N–H and O–H groups in total. The molecule has 1 aliphatic carbocycles.